The topological polar surface area (TPSA) is 122 Å². The van der Waals surface area contributed by atoms with E-state index in [-0.39, 0.29) is 12.2 Å². The molecule has 0 heterocycles. The van der Waals surface area contributed by atoms with Gasteiger partial charge in [0.25, 0.3) is 0 Å². The highest BCUT2D eigenvalue weighted by molar-refractivity contribution is 5.95. The number of rotatable bonds is 10. The molecule has 0 saturated heterocycles. The Labute approximate surface area is 176 Å². The summed E-state index contributed by atoms with van der Waals surface area (Å²) in [5.74, 6) is -4.56. The van der Waals surface area contributed by atoms with Gasteiger partial charge in [-0.15, -0.1) is 0 Å². The number of alkyl halides is 1. The number of carboxylic acids is 1. The van der Waals surface area contributed by atoms with Crippen LogP contribution in [-0.4, -0.2) is 41.6 Å². The van der Waals surface area contributed by atoms with Gasteiger partial charge in [-0.25, -0.2) is 13.6 Å². The fraction of sp³-hybridized carbons (Fsp3) is 0.238. The lowest BCUT2D eigenvalue weighted by Gasteiger charge is -2.22. The third-order valence-electron chi connectivity index (χ3n) is 4.17. The minimum absolute atomic E-state index is 0.125. The van der Waals surface area contributed by atoms with Crippen LogP contribution in [0.1, 0.15) is 23.6 Å². The van der Waals surface area contributed by atoms with Gasteiger partial charge >= 0.3 is 12.1 Å². The molecular formula is C21H20F2N2O6. The number of aliphatic carboxylic acids is 1. The molecule has 164 valence electrons. The Hall–Kier alpha value is -3.82. The first-order chi connectivity index (χ1) is 14.8. The second-order valence-electron chi connectivity index (χ2n) is 6.42. The van der Waals surface area contributed by atoms with E-state index in [2.05, 4.69) is 10.6 Å². The van der Waals surface area contributed by atoms with Gasteiger partial charge in [0, 0.05) is 5.56 Å². The Kier molecular flexibility index (Phi) is 8.62. The smallest absolute Gasteiger partial charge is 0.408 e. The summed E-state index contributed by atoms with van der Waals surface area (Å²) in [5.41, 5.74) is 0.415. The van der Waals surface area contributed by atoms with Crippen LogP contribution in [0.3, 0.4) is 0 Å². The van der Waals surface area contributed by atoms with E-state index in [4.69, 9.17) is 9.84 Å². The second-order valence-corrected chi connectivity index (χ2v) is 6.42. The van der Waals surface area contributed by atoms with Crippen LogP contribution < -0.4 is 10.6 Å². The summed E-state index contributed by atoms with van der Waals surface area (Å²) in [6, 6.07) is 10.3. The Morgan fingerprint density at radius 3 is 2.23 bits per heavy atom. The van der Waals surface area contributed by atoms with Crippen LogP contribution in [0.15, 0.2) is 54.6 Å². The molecule has 3 N–H and O–H groups in total. The van der Waals surface area contributed by atoms with Gasteiger partial charge in [0.1, 0.15) is 31.2 Å². The first-order valence-electron chi connectivity index (χ1n) is 9.14. The molecule has 0 spiro atoms. The van der Waals surface area contributed by atoms with E-state index in [9.17, 15) is 28.0 Å². The Morgan fingerprint density at radius 1 is 0.968 bits per heavy atom. The Balaban J connectivity index is 2.18. The summed E-state index contributed by atoms with van der Waals surface area (Å²) in [4.78, 5) is 47.5. The van der Waals surface area contributed by atoms with Gasteiger partial charge in [-0.2, -0.15) is 0 Å². The van der Waals surface area contributed by atoms with Crippen LogP contribution in [0.5, 0.6) is 0 Å². The lowest BCUT2D eigenvalue weighted by Crippen LogP contribution is -2.48. The van der Waals surface area contributed by atoms with E-state index >= 15 is 0 Å². The summed E-state index contributed by atoms with van der Waals surface area (Å²) in [6.45, 7) is -1.63. The monoisotopic (exact) mass is 434 g/mol. The van der Waals surface area contributed by atoms with E-state index in [1.165, 1.54) is 18.2 Å². The van der Waals surface area contributed by atoms with Crippen molar-refractivity contribution in [1.29, 1.82) is 0 Å². The van der Waals surface area contributed by atoms with Gasteiger partial charge in [0.15, 0.2) is 5.78 Å². The zero-order valence-corrected chi connectivity index (χ0v) is 16.2. The zero-order valence-electron chi connectivity index (χ0n) is 16.2. The molecule has 8 nitrogen and oxygen atoms in total. The van der Waals surface area contributed by atoms with E-state index < -0.39 is 54.7 Å². The van der Waals surface area contributed by atoms with Crippen molar-refractivity contribution in [1.82, 2.24) is 10.6 Å². The molecule has 2 unspecified atom stereocenters. The number of benzene rings is 2. The summed E-state index contributed by atoms with van der Waals surface area (Å²) in [7, 11) is 0. The maximum atomic E-state index is 14.3. The molecule has 0 aliphatic rings. The van der Waals surface area contributed by atoms with Crippen LogP contribution in [-0.2, 0) is 25.7 Å². The molecule has 0 saturated carbocycles. The van der Waals surface area contributed by atoms with Crippen molar-refractivity contribution in [3.05, 3.63) is 71.5 Å². The van der Waals surface area contributed by atoms with Crippen LogP contribution >= 0.6 is 0 Å². The fourth-order valence-electron chi connectivity index (χ4n) is 2.64. The van der Waals surface area contributed by atoms with E-state index in [1.54, 1.807) is 30.3 Å². The van der Waals surface area contributed by atoms with E-state index in [1.807, 2.05) is 0 Å². The first kappa shape index (κ1) is 23.5. The summed E-state index contributed by atoms with van der Waals surface area (Å²) in [6.07, 6.45) is -1.93. The van der Waals surface area contributed by atoms with Crippen molar-refractivity contribution in [2.24, 2.45) is 0 Å². The van der Waals surface area contributed by atoms with Crippen molar-refractivity contribution in [2.75, 3.05) is 6.67 Å². The number of hydrogen-bond donors (Lipinski definition) is 3. The highest BCUT2D eigenvalue weighted by Crippen LogP contribution is 2.18. The lowest BCUT2D eigenvalue weighted by molar-refractivity contribution is -0.140. The second kappa shape index (κ2) is 11.4. The number of alkyl carbamates (subject to hydrolysis) is 1. The quantitative estimate of drug-likeness (QED) is 0.528. The van der Waals surface area contributed by atoms with Crippen LogP contribution in [0.4, 0.5) is 13.6 Å². The maximum absolute atomic E-state index is 14.3. The average molecular weight is 434 g/mol. The highest BCUT2D eigenvalue weighted by Gasteiger charge is 2.31. The fourth-order valence-corrected chi connectivity index (χ4v) is 2.64. The third kappa shape index (κ3) is 7.18. The minimum Gasteiger partial charge on any atom is -0.481 e. The van der Waals surface area contributed by atoms with Gasteiger partial charge in [-0.1, -0.05) is 48.5 Å². The molecule has 2 atom stereocenters. The number of ketones is 1. The molecule has 0 fully saturated rings. The van der Waals surface area contributed by atoms with Gasteiger partial charge in [0.2, 0.25) is 5.91 Å². The minimum atomic E-state index is -1.69. The molecule has 2 rings (SSSR count). The summed E-state index contributed by atoms with van der Waals surface area (Å²) < 4.78 is 32.1. The SMILES string of the molecule is O=C(O)CC(NC(=O)C(NC(=O)OCc1ccccc1)c1ccccc1F)C(=O)CF. The van der Waals surface area contributed by atoms with Crippen molar-refractivity contribution in [3.63, 3.8) is 0 Å². The molecule has 0 radical (unpaired) electrons. The molecule has 0 aromatic heterocycles. The van der Waals surface area contributed by atoms with Crippen LogP contribution in [0.2, 0.25) is 0 Å². The molecule has 31 heavy (non-hydrogen) atoms. The standard InChI is InChI=1S/C21H20F2N2O6/c22-11-17(26)16(10-18(27)28)24-20(29)19(14-8-4-5-9-15(14)23)25-21(30)31-12-13-6-2-1-3-7-13/h1-9,16,19H,10-12H2,(H,24,29)(H,25,30)(H,27,28). The van der Waals surface area contributed by atoms with E-state index in [0.717, 1.165) is 6.07 Å². The van der Waals surface area contributed by atoms with Crippen molar-refractivity contribution >= 4 is 23.8 Å². The predicted molar refractivity (Wildman–Crippen MR) is 104 cm³/mol. The van der Waals surface area contributed by atoms with Gasteiger partial charge in [-0.3, -0.25) is 14.4 Å². The van der Waals surface area contributed by atoms with Crippen molar-refractivity contribution in [3.8, 4) is 0 Å². The first-order valence-corrected chi connectivity index (χ1v) is 9.14. The molecule has 0 aliphatic heterocycles. The number of halogens is 2. The van der Waals surface area contributed by atoms with Crippen molar-refractivity contribution in [2.45, 2.75) is 25.1 Å². The van der Waals surface area contributed by atoms with Crippen molar-refractivity contribution < 1.29 is 37.8 Å². The molecule has 0 bridgehead atoms. The molecular weight excluding hydrogens is 414 g/mol. The number of amides is 2. The molecule has 10 heteroatoms. The third-order valence-corrected chi connectivity index (χ3v) is 4.17. The maximum Gasteiger partial charge on any atom is 0.408 e. The number of carbonyl (C=O) groups excluding carboxylic acids is 3. The largest absolute Gasteiger partial charge is 0.481 e. The number of Topliss-reactive ketones (excluding diaryl/α,β-unsaturated/α-hetero) is 1. The molecule has 2 aromatic carbocycles. The molecule has 2 aromatic rings. The summed E-state index contributed by atoms with van der Waals surface area (Å²) >= 11 is 0. The number of ether oxygens (including phenoxy) is 1. The Bertz CT molecular complexity index is 938. The zero-order chi connectivity index (χ0) is 22.8. The number of hydrogen-bond acceptors (Lipinski definition) is 5. The molecule has 0 aliphatic carbocycles. The van der Waals surface area contributed by atoms with Crippen LogP contribution in [0.25, 0.3) is 0 Å². The number of nitrogens with one attached hydrogen (secondary N) is 2. The predicted octanol–water partition coefficient (Wildman–Crippen LogP) is 2.29. The number of carboxylic acid groups (broad SMARTS) is 1. The van der Waals surface area contributed by atoms with Gasteiger partial charge < -0.3 is 20.5 Å². The normalized spacial score (nSPS) is 12.3. The van der Waals surface area contributed by atoms with Crippen LogP contribution in [0, 0.1) is 5.82 Å². The Morgan fingerprint density at radius 2 is 1.61 bits per heavy atom. The van der Waals surface area contributed by atoms with Gasteiger partial charge in [0.05, 0.1) is 6.42 Å². The number of carbonyl (C=O) groups is 4. The average Bonchev–Trinajstić information content (AvgIpc) is 2.76. The van der Waals surface area contributed by atoms with Gasteiger partial charge in [-0.05, 0) is 11.6 Å². The highest BCUT2D eigenvalue weighted by atomic mass is 19.1. The van der Waals surface area contributed by atoms with E-state index in [0.29, 0.717) is 5.56 Å². The lowest BCUT2D eigenvalue weighted by atomic mass is 10.0. The summed E-state index contributed by atoms with van der Waals surface area (Å²) in [5, 5.41) is 13.1. The molecule has 2 amide bonds.